The van der Waals surface area contributed by atoms with Gasteiger partial charge in [-0.05, 0) is 45.8 Å². The Bertz CT molecular complexity index is 932. The second-order valence-electron chi connectivity index (χ2n) is 5.57. The van der Waals surface area contributed by atoms with Crippen molar-refractivity contribution < 1.29 is 9.53 Å². The van der Waals surface area contributed by atoms with Crippen molar-refractivity contribution >= 4 is 38.3 Å². The molecule has 1 aliphatic rings. The Hall–Kier alpha value is -2.12. The highest BCUT2D eigenvalue weighted by atomic mass is 79.9. The fraction of sp³-hybridized carbons (Fsp3) is 0.176. The summed E-state index contributed by atoms with van der Waals surface area (Å²) >= 11 is 4.79. The third-order valence-electron chi connectivity index (χ3n) is 3.91. The zero-order valence-corrected chi connectivity index (χ0v) is 15.3. The van der Waals surface area contributed by atoms with Gasteiger partial charge in [-0.1, -0.05) is 0 Å². The van der Waals surface area contributed by atoms with E-state index in [1.54, 1.807) is 10.6 Å². The summed E-state index contributed by atoms with van der Waals surface area (Å²) in [4.78, 5) is 16.9. The number of nitrogens with one attached hydrogen (secondary N) is 1. The number of anilines is 1. The Morgan fingerprint density at radius 2 is 2.29 bits per heavy atom. The molecule has 3 aromatic rings. The Morgan fingerprint density at radius 1 is 1.42 bits per heavy atom. The number of aryl methyl sites for hydroxylation is 1. The molecule has 3 heterocycles. The molecule has 0 saturated carbocycles. The van der Waals surface area contributed by atoms with Gasteiger partial charge in [0.2, 0.25) is 0 Å². The van der Waals surface area contributed by atoms with Crippen LogP contribution in [0.15, 0.2) is 40.3 Å². The lowest BCUT2D eigenvalue weighted by Gasteiger charge is -2.03. The van der Waals surface area contributed by atoms with Gasteiger partial charge in [0.25, 0.3) is 5.91 Å². The van der Waals surface area contributed by atoms with Crippen molar-refractivity contribution in [2.75, 3.05) is 11.9 Å². The van der Waals surface area contributed by atoms with Gasteiger partial charge in [-0.3, -0.25) is 10.1 Å². The van der Waals surface area contributed by atoms with Crippen LogP contribution in [0.1, 0.15) is 16.1 Å². The van der Waals surface area contributed by atoms with Gasteiger partial charge in [0, 0.05) is 35.1 Å². The number of carbonyl (C=O) groups excluding carboxylic acids is 1. The number of aromatic nitrogens is 2. The predicted molar refractivity (Wildman–Crippen MR) is 97.8 cm³/mol. The number of benzene rings is 1. The SMILES string of the molecule is Cn1cc(Br)cc1C(=O)Nc1nc(-c2ccc3c(c2)CCO3)cs1. The monoisotopic (exact) mass is 403 g/mol. The molecule has 0 spiro atoms. The summed E-state index contributed by atoms with van der Waals surface area (Å²) < 4.78 is 8.17. The lowest BCUT2D eigenvalue weighted by Crippen LogP contribution is -2.15. The molecule has 4 rings (SSSR count). The van der Waals surface area contributed by atoms with E-state index in [0.29, 0.717) is 10.8 Å². The third-order valence-corrected chi connectivity index (χ3v) is 5.11. The number of halogens is 1. The quantitative estimate of drug-likeness (QED) is 0.715. The van der Waals surface area contributed by atoms with Crippen molar-refractivity contribution in [3.8, 4) is 17.0 Å². The average molecular weight is 404 g/mol. The molecule has 2 aromatic heterocycles. The van der Waals surface area contributed by atoms with E-state index in [-0.39, 0.29) is 5.91 Å². The van der Waals surface area contributed by atoms with Gasteiger partial charge in [0.1, 0.15) is 11.4 Å². The van der Waals surface area contributed by atoms with E-state index in [1.165, 1.54) is 16.9 Å². The molecule has 1 N–H and O–H groups in total. The molecular formula is C17H14BrN3O2S. The summed E-state index contributed by atoms with van der Waals surface area (Å²) in [6.07, 6.45) is 2.77. The molecule has 5 nitrogen and oxygen atoms in total. The lowest BCUT2D eigenvalue weighted by molar-refractivity contribution is 0.101. The molecule has 24 heavy (non-hydrogen) atoms. The van der Waals surface area contributed by atoms with Crippen LogP contribution in [0, 0.1) is 0 Å². The van der Waals surface area contributed by atoms with Gasteiger partial charge in [-0.15, -0.1) is 11.3 Å². The first-order valence-corrected chi connectivity index (χ1v) is 9.12. The molecule has 1 amide bonds. The van der Waals surface area contributed by atoms with E-state index in [0.717, 1.165) is 34.5 Å². The average Bonchev–Trinajstić information content (AvgIpc) is 3.26. The number of rotatable bonds is 3. The van der Waals surface area contributed by atoms with E-state index in [4.69, 9.17) is 4.74 Å². The number of hydrogen-bond donors (Lipinski definition) is 1. The number of fused-ring (bicyclic) bond motifs is 1. The molecule has 1 aliphatic heterocycles. The van der Waals surface area contributed by atoms with Crippen LogP contribution in [0.5, 0.6) is 5.75 Å². The summed E-state index contributed by atoms with van der Waals surface area (Å²) in [5.41, 5.74) is 3.68. The fourth-order valence-electron chi connectivity index (χ4n) is 2.72. The molecular weight excluding hydrogens is 390 g/mol. The number of ether oxygens (including phenoxy) is 1. The predicted octanol–water partition coefficient (Wildman–Crippen LogP) is 4.10. The highest BCUT2D eigenvalue weighted by Gasteiger charge is 2.16. The van der Waals surface area contributed by atoms with Gasteiger partial charge in [0.15, 0.2) is 5.13 Å². The van der Waals surface area contributed by atoms with Gasteiger partial charge >= 0.3 is 0 Å². The van der Waals surface area contributed by atoms with Crippen LogP contribution in [0.2, 0.25) is 0 Å². The first kappa shape index (κ1) is 15.4. The normalized spacial score (nSPS) is 12.8. The fourth-order valence-corrected chi connectivity index (χ4v) is 3.96. The van der Waals surface area contributed by atoms with Crippen LogP contribution in [0.25, 0.3) is 11.3 Å². The van der Waals surface area contributed by atoms with Gasteiger partial charge in [-0.2, -0.15) is 0 Å². The van der Waals surface area contributed by atoms with E-state index >= 15 is 0 Å². The molecule has 1 aromatic carbocycles. The molecule has 7 heteroatoms. The van der Waals surface area contributed by atoms with Crippen LogP contribution in [-0.4, -0.2) is 22.1 Å². The summed E-state index contributed by atoms with van der Waals surface area (Å²) in [7, 11) is 1.83. The van der Waals surface area contributed by atoms with Gasteiger partial charge in [0.05, 0.1) is 12.3 Å². The first-order valence-electron chi connectivity index (χ1n) is 7.45. The van der Waals surface area contributed by atoms with Crippen molar-refractivity contribution in [1.29, 1.82) is 0 Å². The number of thiazole rings is 1. The third kappa shape index (κ3) is 2.85. The summed E-state index contributed by atoms with van der Waals surface area (Å²) in [6, 6.07) is 7.87. The van der Waals surface area contributed by atoms with Crippen molar-refractivity contribution in [1.82, 2.24) is 9.55 Å². The molecule has 0 radical (unpaired) electrons. The minimum Gasteiger partial charge on any atom is -0.493 e. The zero-order chi connectivity index (χ0) is 16.7. The maximum Gasteiger partial charge on any atom is 0.274 e. The van der Waals surface area contributed by atoms with Crippen molar-refractivity contribution in [2.45, 2.75) is 6.42 Å². The minimum absolute atomic E-state index is 0.175. The largest absolute Gasteiger partial charge is 0.493 e. The van der Waals surface area contributed by atoms with Gasteiger partial charge in [-0.25, -0.2) is 4.98 Å². The van der Waals surface area contributed by atoms with E-state index in [1.807, 2.05) is 30.8 Å². The molecule has 0 atom stereocenters. The maximum absolute atomic E-state index is 12.3. The highest BCUT2D eigenvalue weighted by Crippen LogP contribution is 2.32. The zero-order valence-electron chi connectivity index (χ0n) is 12.9. The lowest BCUT2D eigenvalue weighted by atomic mass is 10.1. The van der Waals surface area contributed by atoms with E-state index in [9.17, 15) is 4.79 Å². The summed E-state index contributed by atoms with van der Waals surface area (Å²) in [6.45, 7) is 0.739. The standard InChI is InChI=1S/C17H14BrN3O2S/c1-21-8-12(18)7-14(21)16(22)20-17-19-13(9-24-17)10-2-3-15-11(6-10)4-5-23-15/h2-3,6-9H,4-5H2,1H3,(H,19,20,22). The molecule has 0 aliphatic carbocycles. The molecule has 0 unspecified atom stereocenters. The Morgan fingerprint density at radius 3 is 3.08 bits per heavy atom. The first-order chi connectivity index (χ1) is 11.6. The molecule has 0 bridgehead atoms. The van der Waals surface area contributed by atoms with Gasteiger partial charge < -0.3 is 9.30 Å². The van der Waals surface area contributed by atoms with Crippen molar-refractivity contribution in [3.63, 3.8) is 0 Å². The van der Waals surface area contributed by atoms with E-state index in [2.05, 4.69) is 32.3 Å². The van der Waals surface area contributed by atoms with Crippen LogP contribution < -0.4 is 10.1 Å². The Balaban J connectivity index is 1.55. The molecule has 122 valence electrons. The summed E-state index contributed by atoms with van der Waals surface area (Å²) in [5, 5.41) is 5.40. The smallest absolute Gasteiger partial charge is 0.274 e. The highest BCUT2D eigenvalue weighted by molar-refractivity contribution is 9.10. The minimum atomic E-state index is -0.175. The molecule has 0 saturated heterocycles. The van der Waals surface area contributed by atoms with Crippen molar-refractivity contribution in [3.05, 3.63) is 51.6 Å². The number of amides is 1. The second-order valence-corrected chi connectivity index (χ2v) is 7.34. The van der Waals surface area contributed by atoms with Crippen LogP contribution in [-0.2, 0) is 13.5 Å². The Kier molecular flexibility index (Phi) is 3.90. The topological polar surface area (TPSA) is 56.2 Å². The summed E-state index contributed by atoms with van der Waals surface area (Å²) in [5.74, 6) is 0.781. The van der Waals surface area contributed by atoms with Crippen LogP contribution in [0.3, 0.4) is 0 Å². The van der Waals surface area contributed by atoms with E-state index < -0.39 is 0 Å². The second kappa shape index (κ2) is 6.07. The Labute approximate surface area is 151 Å². The molecule has 0 fully saturated rings. The number of carbonyl (C=O) groups is 1. The maximum atomic E-state index is 12.3. The van der Waals surface area contributed by atoms with Crippen molar-refractivity contribution in [2.24, 2.45) is 7.05 Å². The van der Waals surface area contributed by atoms with Crippen LogP contribution in [0.4, 0.5) is 5.13 Å². The number of hydrogen-bond acceptors (Lipinski definition) is 4. The van der Waals surface area contributed by atoms with Crippen LogP contribution >= 0.6 is 27.3 Å². The number of nitrogens with zero attached hydrogens (tertiary/aromatic N) is 2.